The number of hydrogen-bond acceptors (Lipinski definition) is 4. The predicted molar refractivity (Wildman–Crippen MR) is 77.6 cm³/mol. The van der Waals surface area contributed by atoms with Gasteiger partial charge in [-0.2, -0.15) is 0 Å². The summed E-state index contributed by atoms with van der Waals surface area (Å²) in [5.41, 5.74) is 0.475. The summed E-state index contributed by atoms with van der Waals surface area (Å²) in [6.45, 7) is 1.91. The van der Waals surface area contributed by atoms with Crippen LogP contribution in [0.3, 0.4) is 0 Å². The second-order valence-electron chi connectivity index (χ2n) is 2.92. The zero-order valence-electron chi connectivity index (χ0n) is 8.55. The molecule has 1 aromatic heterocycles. The summed E-state index contributed by atoms with van der Waals surface area (Å²) < 4.78 is -1.37. The Kier molecular flexibility index (Phi) is 6.30. The summed E-state index contributed by atoms with van der Waals surface area (Å²) in [7, 11) is 2.14. The van der Waals surface area contributed by atoms with Crippen molar-refractivity contribution in [3.63, 3.8) is 0 Å². The first kappa shape index (κ1) is 15.8. The lowest BCUT2D eigenvalue weighted by molar-refractivity contribution is 0.872. The highest BCUT2D eigenvalue weighted by Crippen LogP contribution is 2.49. The molecular weight excluding hydrogens is 346 g/mol. The van der Waals surface area contributed by atoms with E-state index in [1.165, 1.54) is 6.07 Å². The van der Waals surface area contributed by atoms with Crippen molar-refractivity contribution in [3.8, 4) is 0 Å². The fraction of sp³-hybridized carbons (Fsp3) is 0.500. The minimum absolute atomic E-state index is 0.219. The van der Waals surface area contributed by atoms with Gasteiger partial charge >= 0.3 is 0 Å². The van der Waals surface area contributed by atoms with Gasteiger partial charge in [0.1, 0.15) is 0 Å². The number of hydrogen-bond donors (Lipinski definition) is 1. The lowest BCUT2D eigenvalue weighted by Gasteiger charge is -2.18. The van der Waals surface area contributed by atoms with Crippen molar-refractivity contribution in [3.05, 3.63) is 22.1 Å². The van der Waals surface area contributed by atoms with Gasteiger partial charge in [-0.05, 0) is 28.0 Å². The van der Waals surface area contributed by atoms with Crippen LogP contribution in [0.15, 0.2) is 16.0 Å². The molecule has 1 aromatic rings. The topological polar surface area (TPSA) is 45.8 Å². The summed E-state index contributed by atoms with van der Waals surface area (Å²) in [5.74, 6) is 0. The highest BCUT2D eigenvalue weighted by molar-refractivity contribution is 8.77. The molecule has 0 bridgehead atoms. The number of aromatic nitrogens is 2. The molecule has 0 spiro atoms. The Morgan fingerprint density at radius 3 is 2.71 bits per heavy atom. The Labute approximate surface area is 126 Å². The molecule has 96 valence electrons. The maximum atomic E-state index is 11.3. The van der Waals surface area contributed by atoms with Gasteiger partial charge in [-0.1, -0.05) is 30.1 Å². The van der Waals surface area contributed by atoms with Crippen LogP contribution < -0.4 is 5.56 Å². The summed E-state index contributed by atoms with van der Waals surface area (Å²) in [5, 5.41) is 0.416. The molecule has 0 amide bonds. The van der Waals surface area contributed by atoms with E-state index in [1.54, 1.807) is 0 Å². The van der Waals surface area contributed by atoms with E-state index in [9.17, 15) is 4.79 Å². The van der Waals surface area contributed by atoms with E-state index in [2.05, 4.69) is 9.97 Å². The molecule has 0 saturated carbocycles. The summed E-state index contributed by atoms with van der Waals surface area (Å²) in [6, 6.07) is 1.44. The van der Waals surface area contributed by atoms with Crippen molar-refractivity contribution in [2.75, 3.05) is 0 Å². The van der Waals surface area contributed by atoms with Crippen LogP contribution in [0.4, 0.5) is 0 Å². The summed E-state index contributed by atoms with van der Waals surface area (Å²) in [6.07, 6.45) is 0.669. The standard InChI is InChI=1S/C8H8Cl4N2OS2/c1-2-4-3-5(15)14-7(13-4)16-17-8(11,12)6(9)10/h3,6H,2H2,1H3,(H,13,14,15). The number of aromatic amines is 1. The highest BCUT2D eigenvalue weighted by atomic mass is 35.5. The number of nitrogens with one attached hydrogen (secondary N) is 1. The number of alkyl halides is 4. The van der Waals surface area contributed by atoms with Crippen LogP contribution in [0.1, 0.15) is 12.6 Å². The van der Waals surface area contributed by atoms with E-state index in [1.807, 2.05) is 6.92 Å². The average Bonchev–Trinajstić information content (AvgIpc) is 2.25. The quantitative estimate of drug-likeness (QED) is 0.493. The number of H-pyrrole nitrogens is 1. The zero-order chi connectivity index (χ0) is 13.1. The van der Waals surface area contributed by atoms with Crippen LogP contribution in [-0.2, 0) is 6.42 Å². The van der Waals surface area contributed by atoms with Crippen molar-refractivity contribution in [2.24, 2.45) is 0 Å². The molecule has 1 rings (SSSR count). The largest absolute Gasteiger partial charge is 0.301 e. The van der Waals surface area contributed by atoms with Gasteiger partial charge in [0.25, 0.3) is 5.56 Å². The molecule has 0 fully saturated rings. The third-order valence-electron chi connectivity index (χ3n) is 1.62. The summed E-state index contributed by atoms with van der Waals surface area (Å²) >= 11 is 22.9. The van der Waals surface area contributed by atoms with Gasteiger partial charge in [0.15, 0.2) is 9.99 Å². The monoisotopic (exact) mass is 352 g/mol. The van der Waals surface area contributed by atoms with Crippen LogP contribution in [0.25, 0.3) is 0 Å². The minimum atomic E-state index is -1.37. The molecule has 0 saturated heterocycles. The fourth-order valence-electron chi connectivity index (χ4n) is 0.835. The van der Waals surface area contributed by atoms with E-state index in [0.717, 1.165) is 21.6 Å². The molecule has 0 atom stereocenters. The number of nitrogens with zero attached hydrogens (tertiary/aromatic N) is 1. The zero-order valence-corrected chi connectivity index (χ0v) is 13.2. The van der Waals surface area contributed by atoms with Gasteiger partial charge in [0.05, 0.1) is 0 Å². The smallest absolute Gasteiger partial charge is 0.251 e. The molecule has 0 aliphatic carbocycles. The van der Waals surface area contributed by atoms with Gasteiger partial charge in [0.2, 0.25) is 3.67 Å². The van der Waals surface area contributed by atoms with Gasteiger partial charge in [-0.3, -0.25) is 4.79 Å². The lowest BCUT2D eigenvalue weighted by Crippen LogP contribution is -2.16. The van der Waals surface area contributed by atoms with E-state index in [0.29, 0.717) is 17.3 Å². The van der Waals surface area contributed by atoms with E-state index >= 15 is 0 Å². The minimum Gasteiger partial charge on any atom is -0.301 e. The van der Waals surface area contributed by atoms with Gasteiger partial charge < -0.3 is 4.98 Å². The maximum absolute atomic E-state index is 11.3. The Morgan fingerprint density at radius 1 is 1.53 bits per heavy atom. The van der Waals surface area contributed by atoms with E-state index in [-0.39, 0.29) is 5.56 Å². The van der Waals surface area contributed by atoms with Crippen molar-refractivity contribution in [1.29, 1.82) is 0 Å². The third kappa shape index (κ3) is 5.09. The third-order valence-corrected chi connectivity index (χ3v) is 6.83. The van der Waals surface area contributed by atoms with E-state index in [4.69, 9.17) is 46.4 Å². The molecule has 0 aliphatic heterocycles. The Hall–Kier alpha value is 0.740. The number of aryl methyl sites for hydroxylation is 1. The van der Waals surface area contributed by atoms with Crippen molar-refractivity contribution in [1.82, 2.24) is 9.97 Å². The second kappa shape index (κ2) is 6.78. The highest BCUT2D eigenvalue weighted by Gasteiger charge is 2.34. The van der Waals surface area contributed by atoms with E-state index < -0.39 is 8.50 Å². The first-order valence-corrected chi connectivity index (χ1v) is 8.25. The van der Waals surface area contributed by atoms with Gasteiger partial charge in [-0.25, -0.2) is 4.98 Å². The molecule has 1 N–H and O–H groups in total. The lowest BCUT2D eigenvalue weighted by atomic mass is 10.3. The first-order valence-electron chi connectivity index (χ1n) is 4.47. The Morgan fingerprint density at radius 2 is 2.18 bits per heavy atom. The van der Waals surface area contributed by atoms with Crippen LogP contribution in [0.5, 0.6) is 0 Å². The van der Waals surface area contributed by atoms with Crippen LogP contribution in [-0.4, -0.2) is 18.5 Å². The van der Waals surface area contributed by atoms with Crippen molar-refractivity contribution in [2.45, 2.75) is 27.0 Å². The van der Waals surface area contributed by atoms with Gasteiger partial charge in [0, 0.05) is 11.8 Å². The normalized spacial score (nSPS) is 12.1. The molecule has 0 aromatic carbocycles. The molecular formula is C8H8Cl4N2OS2. The number of rotatable bonds is 5. The van der Waals surface area contributed by atoms with Crippen LogP contribution in [0, 0.1) is 0 Å². The Bertz CT molecular complexity index is 438. The van der Waals surface area contributed by atoms with Crippen LogP contribution in [0.2, 0.25) is 0 Å². The molecule has 17 heavy (non-hydrogen) atoms. The molecule has 9 heteroatoms. The SMILES string of the molecule is CCc1cc(=O)[nH]c(SSC(Cl)(Cl)C(Cl)Cl)n1. The molecule has 0 unspecified atom stereocenters. The summed E-state index contributed by atoms with van der Waals surface area (Å²) in [4.78, 5) is 17.1. The fourth-order valence-corrected chi connectivity index (χ4v) is 3.64. The molecule has 0 radical (unpaired) electrons. The maximum Gasteiger partial charge on any atom is 0.251 e. The predicted octanol–water partition coefficient (Wildman–Crippen LogP) is 4.01. The molecule has 1 heterocycles. The van der Waals surface area contributed by atoms with Gasteiger partial charge in [-0.15, -0.1) is 23.2 Å². The first-order chi connectivity index (χ1) is 7.85. The second-order valence-corrected chi connectivity index (χ2v) is 8.22. The Balaban J connectivity index is 2.76. The molecule has 3 nitrogen and oxygen atoms in total. The van der Waals surface area contributed by atoms with Crippen LogP contribution >= 0.6 is 68.0 Å². The van der Waals surface area contributed by atoms with Crippen molar-refractivity contribution < 1.29 is 0 Å². The number of halogens is 4. The average molecular weight is 354 g/mol. The molecule has 0 aliphatic rings. The van der Waals surface area contributed by atoms with Crippen molar-refractivity contribution >= 4 is 68.0 Å².